The number of nitrogens with zero attached hydrogens (tertiary/aromatic N) is 2. The smallest absolute Gasteiger partial charge is 0.225 e. The lowest BCUT2D eigenvalue weighted by Gasteiger charge is -2.16. The van der Waals surface area contributed by atoms with Crippen molar-refractivity contribution in [3.05, 3.63) is 84.4 Å². The third-order valence-corrected chi connectivity index (χ3v) is 5.81. The van der Waals surface area contributed by atoms with Gasteiger partial charge in [0, 0.05) is 18.0 Å². The van der Waals surface area contributed by atoms with Gasteiger partial charge in [0.05, 0.1) is 5.52 Å². The molecule has 0 bridgehead atoms. The molecule has 30 heavy (non-hydrogen) atoms. The van der Waals surface area contributed by atoms with Crippen molar-refractivity contribution in [3.8, 4) is 11.1 Å². The highest BCUT2D eigenvalue weighted by atomic mass is 15.1. The predicted molar refractivity (Wildman–Crippen MR) is 125 cm³/mol. The maximum absolute atomic E-state index is 4.81. The maximum atomic E-state index is 4.81. The van der Waals surface area contributed by atoms with Gasteiger partial charge in [0.15, 0.2) is 0 Å². The molecule has 150 valence electrons. The molecule has 4 nitrogen and oxygen atoms in total. The predicted octanol–water partition coefficient (Wildman–Crippen LogP) is 6.26. The van der Waals surface area contributed by atoms with Gasteiger partial charge >= 0.3 is 0 Å². The average Bonchev–Trinajstić information content (AvgIpc) is 3.32. The second-order valence-electron chi connectivity index (χ2n) is 7.96. The Morgan fingerprint density at radius 2 is 1.43 bits per heavy atom. The summed E-state index contributed by atoms with van der Waals surface area (Å²) >= 11 is 0. The van der Waals surface area contributed by atoms with Crippen LogP contribution >= 0.6 is 0 Å². The summed E-state index contributed by atoms with van der Waals surface area (Å²) < 4.78 is 0. The third kappa shape index (κ3) is 4.13. The molecule has 0 atom stereocenters. The molecule has 4 aromatic rings. The molecule has 2 N–H and O–H groups in total. The minimum Gasteiger partial charge on any atom is -0.367 e. The molecule has 1 heterocycles. The molecule has 1 fully saturated rings. The van der Waals surface area contributed by atoms with Gasteiger partial charge in [-0.1, -0.05) is 79.6 Å². The van der Waals surface area contributed by atoms with E-state index < -0.39 is 0 Å². The van der Waals surface area contributed by atoms with Crippen LogP contribution in [-0.4, -0.2) is 16.0 Å². The molecule has 3 aromatic carbocycles. The summed E-state index contributed by atoms with van der Waals surface area (Å²) in [6.07, 6.45) is 5.03. The number of hydrogen-bond donors (Lipinski definition) is 2. The van der Waals surface area contributed by atoms with Gasteiger partial charge in [0.2, 0.25) is 5.95 Å². The Bertz CT molecular complexity index is 1120. The van der Waals surface area contributed by atoms with E-state index >= 15 is 0 Å². The first-order valence-electron chi connectivity index (χ1n) is 10.8. The zero-order valence-electron chi connectivity index (χ0n) is 17.0. The van der Waals surface area contributed by atoms with Crippen molar-refractivity contribution in [2.24, 2.45) is 0 Å². The first kappa shape index (κ1) is 18.6. The molecule has 4 heteroatoms. The highest BCUT2D eigenvalue weighted by Gasteiger charge is 2.17. The van der Waals surface area contributed by atoms with Crippen molar-refractivity contribution in [1.82, 2.24) is 9.97 Å². The van der Waals surface area contributed by atoms with Crippen LogP contribution in [0.2, 0.25) is 0 Å². The Morgan fingerprint density at radius 1 is 0.733 bits per heavy atom. The number of aromatic nitrogens is 2. The molecule has 1 aromatic heterocycles. The lowest BCUT2D eigenvalue weighted by atomic mass is 10.0. The van der Waals surface area contributed by atoms with E-state index in [1.807, 2.05) is 18.2 Å². The van der Waals surface area contributed by atoms with Gasteiger partial charge in [0.1, 0.15) is 5.82 Å². The van der Waals surface area contributed by atoms with Crippen molar-refractivity contribution in [2.45, 2.75) is 38.3 Å². The summed E-state index contributed by atoms with van der Waals surface area (Å²) in [5.74, 6) is 1.61. The molecule has 0 radical (unpaired) electrons. The third-order valence-electron chi connectivity index (χ3n) is 5.81. The van der Waals surface area contributed by atoms with Crippen molar-refractivity contribution in [1.29, 1.82) is 0 Å². The van der Waals surface area contributed by atoms with E-state index in [9.17, 15) is 0 Å². The Labute approximate surface area is 177 Å². The standard InChI is InChI=1S/C26H26N4/c1-2-8-20(9-3-1)21-16-14-19(15-17-21)18-27-26-29-24-13-7-6-12-23(24)25(30-26)28-22-10-4-5-11-22/h1-3,6-9,12-17,22H,4-5,10-11,18H2,(H2,27,28,29,30). The number of fused-ring (bicyclic) bond motifs is 1. The fourth-order valence-corrected chi connectivity index (χ4v) is 4.16. The molecule has 0 saturated heterocycles. The first-order chi connectivity index (χ1) is 14.8. The van der Waals surface area contributed by atoms with Crippen LogP contribution in [0.5, 0.6) is 0 Å². The Hall–Kier alpha value is -3.40. The topological polar surface area (TPSA) is 49.8 Å². The second kappa shape index (κ2) is 8.54. The van der Waals surface area contributed by atoms with Gasteiger partial charge in [0.25, 0.3) is 0 Å². The van der Waals surface area contributed by atoms with E-state index in [1.54, 1.807) is 0 Å². The zero-order valence-corrected chi connectivity index (χ0v) is 17.0. The number of hydrogen-bond acceptors (Lipinski definition) is 4. The molecule has 1 aliphatic rings. The van der Waals surface area contributed by atoms with E-state index in [2.05, 4.69) is 71.3 Å². The first-order valence-corrected chi connectivity index (χ1v) is 10.8. The monoisotopic (exact) mass is 394 g/mol. The van der Waals surface area contributed by atoms with Crippen LogP contribution in [-0.2, 0) is 6.54 Å². The quantitative estimate of drug-likeness (QED) is 0.405. The van der Waals surface area contributed by atoms with E-state index in [4.69, 9.17) is 9.97 Å². The Morgan fingerprint density at radius 3 is 2.23 bits per heavy atom. The highest BCUT2D eigenvalue weighted by molar-refractivity contribution is 5.90. The molecule has 1 saturated carbocycles. The SMILES string of the molecule is c1ccc(-c2ccc(CNc3nc(NC4CCCC4)c4ccccc4n3)cc2)cc1. The number of nitrogens with one attached hydrogen (secondary N) is 2. The summed E-state index contributed by atoms with van der Waals surface area (Å²) in [7, 11) is 0. The minimum absolute atomic E-state index is 0.515. The average molecular weight is 395 g/mol. The Kier molecular flexibility index (Phi) is 5.30. The van der Waals surface area contributed by atoms with Crippen molar-refractivity contribution < 1.29 is 0 Å². The van der Waals surface area contributed by atoms with Crippen LogP contribution in [0.1, 0.15) is 31.2 Å². The van der Waals surface area contributed by atoms with Crippen molar-refractivity contribution in [3.63, 3.8) is 0 Å². The maximum Gasteiger partial charge on any atom is 0.225 e. The van der Waals surface area contributed by atoms with Gasteiger partial charge < -0.3 is 10.6 Å². The second-order valence-corrected chi connectivity index (χ2v) is 7.96. The number of anilines is 2. The molecule has 0 amide bonds. The minimum atomic E-state index is 0.515. The van der Waals surface area contributed by atoms with Crippen molar-refractivity contribution in [2.75, 3.05) is 10.6 Å². The summed E-state index contributed by atoms with van der Waals surface area (Å²) in [5, 5.41) is 8.16. The molecular weight excluding hydrogens is 368 g/mol. The Balaban J connectivity index is 1.33. The van der Waals surface area contributed by atoms with Crippen LogP contribution in [0.3, 0.4) is 0 Å². The van der Waals surface area contributed by atoms with Crippen LogP contribution in [0.15, 0.2) is 78.9 Å². The van der Waals surface area contributed by atoms with E-state index in [-0.39, 0.29) is 0 Å². The van der Waals surface area contributed by atoms with Crippen LogP contribution in [0.25, 0.3) is 22.0 Å². The normalized spacial score (nSPS) is 14.1. The molecular formula is C26H26N4. The van der Waals surface area contributed by atoms with Gasteiger partial charge in [-0.15, -0.1) is 0 Å². The van der Waals surface area contributed by atoms with Gasteiger partial charge in [-0.3, -0.25) is 0 Å². The highest BCUT2D eigenvalue weighted by Crippen LogP contribution is 2.27. The summed E-state index contributed by atoms with van der Waals surface area (Å²) in [6, 6.07) is 27.8. The molecule has 0 unspecified atom stereocenters. The molecule has 1 aliphatic carbocycles. The van der Waals surface area contributed by atoms with Crippen LogP contribution in [0.4, 0.5) is 11.8 Å². The van der Waals surface area contributed by atoms with Gasteiger partial charge in [-0.25, -0.2) is 4.98 Å². The molecule has 0 spiro atoms. The lowest BCUT2D eigenvalue weighted by molar-refractivity contribution is 0.751. The molecule has 0 aliphatic heterocycles. The van der Waals surface area contributed by atoms with Crippen LogP contribution in [0, 0.1) is 0 Å². The summed E-state index contributed by atoms with van der Waals surface area (Å²) in [4.78, 5) is 9.54. The van der Waals surface area contributed by atoms with Crippen LogP contribution < -0.4 is 10.6 Å². The summed E-state index contributed by atoms with van der Waals surface area (Å²) in [5.41, 5.74) is 4.63. The van der Waals surface area contributed by atoms with Gasteiger partial charge in [-0.05, 0) is 41.7 Å². The van der Waals surface area contributed by atoms with E-state index in [1.165, 1.54) is 42.4 Å². The van der Waals surface area contributed by atoms with E-state index in [0.29, 0.717) is 18.5 Å². The number of para-hydroxylation sites is 1. The van der Waals surface area contributed by atoms with Crippen molar-refractivity contribution >= 4 is 22.7 Å². The molecule has 5 rings (SSSR count). The summed E-state index contributed by atoms with van der Waals surface area (Å²) in [6.45, 7) is 0.691. The fraction of sp³-hybridized carbons (Fsp3) is 0.231. The largest absolute Gasteiger partial charge is 0.367 e. The van der Waals surface area contributed by atoms with Gasteiger partial charge in [-0.2, -0.15) is 4.98 Å². The zero-order chi connectivity index (χ0) is 20.2. The fourth-order valence-electron chi connectivity index (χ4n) is 4.16. The lowest BCUT2D eigenvalue weighted by Crippen LogP contribution is -2.17. The van der Waals surface area contributed by atoms with E-state index in [0.717, 1.165) is 16.7 Å². The number of rotatable bonds is 6. The number of benzene rings is 3.